The molecule has 0 aliphatic carbocycles. The number of alkyl halides is 2. The molecule has 78 valence electrons. The van der Waals surface area contributed by atoms with Crippen molar-refractivity contribution in [2.24, 2.45) is 0 Å². The van der Waals surface area contributed by atoms with Gasteiger partial charge < -0.3 is 0 Å². The number of carbonyl (C=O) groups is 2. The van der Waals surface area contributed by atoms with E-state index in [-0.39, 0.29) is 18.2 Å². The number of anilines is 1. The van der Waals surface area contributed by atoms with Crippen molar-refractivity contribution in [1.82, 2.24) is 0 Å². The van der Waals surface area contributed by atoms with Gasteiger partial charge in [0.1, 0.15) is 0 Å². The van der Waals surface area contributed by atoms with Crippen molar-refractivity contribution < 1.29 is 9.59 Å². The summed E-state index contributed by atoms with van der Waals surface area (Å²) in [5.41, 5.74) is 0.605. The Morgan fingerprint density at radius 3 is 2.20 bits per heavy atom. The van der Waals surface area contributed by atoms with Gasteiger partial charge in [-0.05, 0) is 12.1 Å². The fourth-order valence-electron chi connectivity index (χ4n) is 1.46. The number of rotatable bonds is 1. The summed E-state index contributed by atoms with van der Waals surface area (Å²) < 4.78 is -0.938. The normalized spacial score (nSPS) is 19.7. The number of hydrogen-bond donors (Lipinski definition) is 0. The van der Waals surface area contributed by atoms with E-state index in [4.69, 9.17) is 0 Å². The molecule has 0 radical (unpaired) electrons. The quantitative estimate of drug-likeness (QED) is 0.585. The molecule has 0 spiro atoms. The van der Waals surface area contributed by atoms with Gasteiger partial charge in [-0.3, -0.25) is 9.59 Å². The third-order valence-electron chi connectivity index (χ3n) is 2.15. The van der Waals surface area contributed by atoms with Gasteiger partial charge in [-0.15, -0.1) is 0 Å². The second kappa shape index (κ2) is 3.72. The predicted molar refractivity (Wildman–Crippen MR) is 64.1 cm³/mol. The first-order valence-corrected chi connectivity index (χ1v) is 5.91. The van der Waals surface area contributed by atoms with Gasteiger partial charge in [-0.25, -0.2) is 4.90 Å². The molecular formula is C10H7Br2NO2. The maximum absolute atomic E-state index is 11.8. The van der Waals surface area contributed by atoms with Crippen molar-refractivity contribution in [2.75, 3.05) is 4.90 Å². The van der Waals surface area contributed by atoms with Gasteiger partial charge in [0, 0.05) is 0 Å². The minimum absolute atomic E-state index is 0.126. The Balaban J connectivity index is 2.40. The summed E-state index contributed by atoms with van der Waals surface area (Å²) in [4.78, 5) is 24.7. The molecule has 1 saturated heterocycles. The second-order valence-electron chi connectivity index (χ2n) is 3.25. The summed E-state index contributed by atoms with van der Waals surface area (Å²) in [6, 6.07) is 8.88. The molecule has 0 atom stereocenters. The van der Waals surface area contributed by atoms with Gasteiger partial charge in [0.05, 0.1) is 12.1 Å². The molecule has 0 bridgehead atoms. The van der Waals surface area contributed by atoms with Gasteiger partial charge in [-0.2, -0.15) is 0 Å². The Morgan fingerprint density at radius 1 is 1.13 bits per heavy atom. The van der Waals surface area contributed by atoms with Gasteiger partial charge in [0.25, 0.3) is 5.91 Å². The van der Waals surface area contributed by atoms with E-state index in [0.29, 0.717) is 5.69 Å². The number of benzene rings is 1. The minimum atomic E-state index is -0.938. The highest BCUT2D eigenvalue weighted by Crippen LogP contribution is 2.40. The number of para-hydroxylation sites is 1. The van der Waals surface area contributed by atoms with Crippen molar-refractivity contribution in [3.05, 3.63) is 30.3 Å². The third-order valence-corrected chi connectivity index (χ3v) is 3.39. The molecule has 0 N–H and O–H groups in total. The zero-order valence-corrected chi connectivity index (χ0v) is 10.8. The van der Waals surface area contributed by atoms with Crippen LogP contribution in [0.3, 0.4) is 0 Å². The fraction of sp³-hybridized carbons (Fsp3) is 0.200. The van der Waals surface area contributed by atoms with Crippen LogP contribution in [0.25, 0.3) is 0 Å². The van der Waals surface area contributed by atoms with E-state index < -0.39 is 3.23 Å². The largest absolute Gasteiger partial charge is 0.274 e. The maximum atomic E-state index is 11.8. The number of imide groups is 1. The summed E-state index contributed by atoms with van der Waals surface area (Å²) >= 11 is 6.38. The van der Waals surface area contributed by atoms with Crippen LogP contribution in [0.5, 0.6) is 0 Å². The van der Waals surface area contributed by atoms with E-state index >= 15 is 0 Å². The van der Waals surface area contributed by atoms with Crippen LogP contribution in [0.15, 0.2) is 30.3 Å². The lowest BCUT2D eigenvalue weighted by atomic mass is 10.3. The average Bonchev–Trinajstić information content (AvgIpc) is 2.38. The van der Waals surface area contributed by atoms with Crippen molar-refractivity contribution in [2.45, 2.75) is 9.65 Å². The summed E-state index contributed by atoms with van der Waals surface area (Å²) in [6.45, 7) is 0. The summed E-state index contributed by atoms with van der Waals surface area (Å²) in [5, 5.41) is 0. The molecule has 1 heterocycles. The van der Waals surface area contributed by atoms with Crippen LogP contribution in [0, 0.1) is 0 Å². The first-order valence-electron chi connectivity index (χ1n) is 4.32. The third kappa shape index (κ3) is 1.86. The number of halogens is 2. The minimum Gasteiger partial charge on any atom is -0.274 e. The van der Waals surface area contributed by atoms with E-state index in [9.17, 15) is 9.59 Å². The average molecular weight is 333 g/mol. The van der Waals surface area contributed by atoms with Gasteiger partial charge >= 0.3 is 0 Å². The summed E-state index contributed by atoms with van der Waals surface area (Å²) in [7, 11) is 0. The summed E-state index contributed by atoms with van der Waals surface area (Å²) in [5.74, 6) is -0.487. The number of hydrogen-bond acceptors (Lipinski definition) is 2. The molecule has 1 aliphatic rings. The standard InChI is InChI=1S/C10H7Br2NO2/c11-10(12)6-8(14)13(9(10)15)7-4-2-1-3-5-7/h1-5H,6H2. The molecule has 3 nitrogen and oxygen atoms in total. The molecule has 0 aromatic heterocycles. The molecule has 15 heavy (non-hydrogen) atoms. The highest BCUT2D eigenvalue weighted by atomic mass is 79.9. The predicted octanol–water partition coefficient (Wildman–Crippen LogP) is 2.44. The molecule has 2 rings (SSSR count). The molecule has 1 aromatic rings. The molecule has 0 saturated carbocycles. The summed E-state index contributed by atoms with van der Waals surface area (Å²) in [6.07, 6.45) is 0.126. The number of carbonyl (C=O) groups excluding carboxylic acids is 2. The van der Waals surface area contributed by atoms with E-state index in [2.05, 4.69) is 31.9 Å². The van der Waals surface area contributed by atoms with Crippen LogP contribution in [0.1, 0.15) is 6.42 Å². The van der Waals surface area contributed by atoms with Crippen molar-refractivity contribution >= 4 is 49.4 Å². The van der Waals surface area contributed by atoms with Crippen LogP contribution in [-0.2, 0) is 9.59 Å². The lowest BCUT2D eigenvalue weighted by Crippen LogP contribution is -2.33. The number of nitrogens with zero attached hydrogens (tertiary/aromatic N) is 1. The highest BCUT2D eigenvalue weighted by Gasteiger charge is 2.48. The Morgan fingerprint density at radius 2 is 1.73 bits per heavy atom. The monoisotopic (exact) mass is 331 g/mol. The first kappa shape index (κ1) is 10.8. The van der Waals surface area contributed by atoms with Crippen molar-refractivity contribution in [3.8, 4) is 0 Å². The Hall–Kier alpha value is -0.680. The zero-order valence-electron chi connectivity index (χ0n) is 7.61. The van der Waals surface area contributed by atoms with Gasteiger partial charge in [0.15, 0.2) is 3.23 Å². The van der Waals surface area contributed by atoms with E-state index in [0.717, 1.165) is 0 Å². The van der Waals surface area contributed by atoms with Crippen LogP contribution in [-0.4, -0.2) is 15.0 Å². The van der Waals surface area contributed by atoms with E-state index in [1.165, 1.54) is 4.90 Å². The molecule has 1 aromatic carbocycles. The molecule has 1 aliphatic heterocycles. The van der Waals surface area contributed by atoms with Crippen LogP contribution < -0.4 is 4.90 Å². The highest BCUT2D eigenvalue weighted by molar-refractivity contribution is 9.26. The molecule has 5 heteroatoms. The SMILES string of the molecule is O=C1CC(Br)(Br)C(=O)N1c1ccccc1. The molecule has 2 amide bonds. The molecule has 0 unspecified atom stereocenters. The van der Waals surface area contributed by atoms with E-state index in [1.807, 2.05) is 6.07 Å². The number of amides is 2. The van der Waals surface area contributed by atoms with Crippen LogP contribution in [0.2, 0.25) is 0 Å². The Bertz CT molecular complexity index is 417. The smallest absolute Gasteiger partial charge is 0.262 e. The maximum Gasteiger partial charge on any atom is 0.262 e. The van der Waals surface area contributed by atoms with Crippen LogP contribution in [0.4, 0.5) is 5.69 Å². The van der Waals surface area contributed by atoms with Gasteiger partial charge in [-0.1, -0.05) is 50.1 Å². The van der Waals surface area contributed by atoms with E-state index in [1.54, 1.807) is 24.3 Å². The lowest BCUT2D eigenvalue weighted by molar-refractivity contribution is -0.121. The van der Waals surface area contributed by atoms with Crippen molar-refractivity contribution in [1.29, 1.82) is 0 Å². The molecule has 1 fully saturated rings. The Kier molecular flexibility index (Phi) is 2.68. The topological polar surface area (TPSA) is 37.4 Å². The second-order valence-corrected chi connectivity index (χ2v) is 7.02. The fourth-order valence-corrected chi connectivity index (χ4v) is 2.29. The van der Waals surface area contributed by atoms with Gasteiger partial charge in [0.2, 0.25) is 5.91 Å². The zero-order chi connectivity index (χ0) is 11.1. The van der Waals surface area contributed by atoms with Crippen LogP contribution >= 0.6 is 31.9 Å². The lowest BCUT2D eigenvalue weighted by Gasteiger charge is -2.15. The van der Waals surface area contributed by atoms with Crippen molar-refractivity contribution in [3.63, 3.8) is 0 Å². The first-order chi connectivity index (χ1) is 7.02. The Labute approximate surface area is 104 Å². The molecular weight excluding hydrogens is 326 g/mol.